The molecule has 0 aliphatic carbocycles. The van der Waals surface area contributed by atoms with Crippen molar-refractivity contribution >= 4 is 17.0 Å². The summed E-state index contributed by atoms with van der Waals surface area (Å²) in [5, 5.41) is 33.1. The summed E-state index contributed by atoms with van der Waals surface area (Å²) < 4.78 is 23.4. The average Bonchev–Trinajstić information content (AvgIpc) is 3.39. The highest BCUT2D eigenvalue weighted by Gasteiger charge is 2.44. The fourth-order valence-corrected chi connectivity index (χ4v) is 3.89. The number of hydrogen-bond donors (Lipinski definition) is 4. The van der Waals surface area contributed by atoms with Crippen molar-refractivity contribution in [3.05, 3.63) is 30.4 Å². The van der Waals surface area contributed by atoms with Crippen molar-refractivity contribution in [2.75, 3.05) is 33.3 Å². The van der Waals surface area contributed by atoms with Gasteiger partial charge in [-0.15, -0.1) is 0 Å². The van der Waals surface area contributed by atoms with Crippen molar-refractivity contribution in [2.45, 2.75) is 37.5 Å². The van der Waals surface area contributed by atoms with E-state index in [1.807, 2.05) is 19.1 Å². The number of aromatic nitrogens is 4. The SMILES string of the molecule is COc1cc(C(C)Nc2ncnc3c2ncn3[C@@H]2O[C@H](CO)[C@H](O)C2O)cc(OC)c1OC. The van der Waals surface area contributed by atoms with Gasteiger partial charge in [0.15, 0.2) is 34.7 Å². The molecular formula is C21H27N5O7. The molecular weight excluding hydrogens is 434 g/mol. The number of aliphatic hydroxyl groups is 3. The topological polar surface area (TPSA) is 153 Å². The highest BCUT2D eigenvalue weighted by Crippen LogP contribution is 2.40. The Balaban J connectivity index is 1.64. The number of nitrogens with zero attached hydrogens (tertiary/aromatic N) is 4. The molecule has 33 heavy (non-hydrogen) atoms. The van der Waals surface area contributed by atoms with Gasteiger partial charge in [-0.05, 0) is 24.6 Å². The van der Waals surface area contributed by atoms with E-state index >= 15 is 0 Å². The Kier molecular flexibility index (Phi) is 6.51. The number of aliphatic hydroxyl groups excluding tert-OH is 3. The average molecular weight is 461 g/mol. The lowest BCUT2D eigenvalue weighted by Crippen LogP contribution is -2.33. The van der Waals surface area contributed by atoms with Crippen molar-refractivity contribution in [2.24, 2.45) is 0 Å². The molecule has 12 nitrogen and oxygen atoms in total. The van der Waals surface area contributed by atoms with Crippen molar-refractivity contribution in [1.82, 2.24) is 19.5 Å². The second-order valence-electron chi connectivity index (χ2n) is 7.60. The van der Waals surface area contributed by atoms with Gasteiger partial charge in [-0.2, -0.15) is 0 Å². The van der Waals surface area contributed by atoms with Gasteiger partial charge in [0.25, 0.3) is 0 Å². The second kappa shape index (κ2) is 9.35. The number of imidazole rings is 1. The van der Waals surface area contributed by atoms with Crippen LogP contribution in [0.4, 0.5) is 5.82 Å². The maximum absolute atomic E-state index is 10.4. The molecule has 0 radical (unpaired) electrons. The van der Waals surface area contributed by atoms with Gasteiger partial charge in [-0.1, -0.05) is 0 Å². The molecule has 1 aromatic carbocycles. The van der Waals surface area contributed by atoms with Gasteiger partial charge in [-0.3, -0.25) is 4.57 Å². The number of methoxy groups -OCH3 is 3. The van der Waals surface area contributed by atoms with Crippen LogP contribution in [0.15, 0.2) is 24.8 Å². The summed E-state index contributed by atoms with van der Waals surface area (Å²) in [6.07, 6.45) is -1.50. The fourth-order valence-electron chi connectivity index (χ4n) is 3.89. The number of anilines is 1. The highest BCUT2D eigenvalue weighted by molar-refractivity contribution is 5.83. The molecule has 1 saturated heterocycles. The normalized spacial score (nSPS) is 23.5. The lowest BCUT2D eigenvalue weighted by atomic mass is 10.1. The van der Waals surface area contributed by atoms with E-state index in [4.69, 9.17) is 18.9 Å². The maximum atomic E-state index is 10.4. The molecule has 0 spiro atoms. The first-order valence-electron chi connectivity index (χ1n) is 10.3. The van der Waals surface area contributed by atoms with Gasteiger partial charge in [0.1, 0.15) is 24.6 Å². The van der Waals surface area contributed by atoms with Crippen molar-refractivity contribution in [3.8, 4) is 17.2 Å². The molecule has 2 aromatic heterocycles. The monoisotopic (exact) mass is 461 g/mol. The molecule has 4 rings (SSSR count). The van der Waals surface area contributed by atoms with E-state index in [2.05, 4.69) is 20.3 Å². The minimum atomic E-state index is -1.25. The Morgan fingerprint density at radius 2 is 1.76 bits per heavy atom. The van der Waals surface area contributed by atoms with Gasteiger partial charge in [0.05, 0.1) is 40.3 Å². The quantitative estimate of drug-likeness (QED) is 0.374. The number of ether oxygens (including phenoxy) is 4. The zero-order valence-corrected chi connectivity index (χ0v) is 18.7. The molecule has 3 heterocycles. The zero-order valence-electron chi connectivity index (χ0n) is 18.7. The molecule has 12 heteroatoms. The molecule has 0 saturated carbocycles. The molecule has 1 fully saturated rings. The van der Waals surface area contributed by atoms with Crippen molar-refractivity contribution in [3.63, 3.8) is 0 Å². The first-order valence-corrected chi connectivity index (χ1v) is 10.3. The minimum absolute atomic E-state index is 0.226. The zero-order chi connectivity index (χ0) is 23.7. The Morgan fingerprint density at radius 1 is 1.06 bits per heavy atom. The summed E-state index contributed by atoms with van der Waals surface area (Å²) in [4.78, 5) is 13.0. The van der Waals surface area contributed by atoms with Gasteiger partial charge >= 0.3 is 0 Å². The summed E-state index contributed by atoms with van der Waals surface area (Å²) in [7, 11) is 4.65. The third kappa shape index (κ3) is 4.02. The molecule has 4 N–H and O–H groups in total. The predicted molar refractivity (Wildman–Crippen MR) is 116 cm³/mol. The Morgan fingerprint density at radius 3 is 2.33 bits per heavy atom. The molecule has 3 aromatic rings. The summed E-state index contributed by atoms with van der Waals surface area (Å²) in [6.45, 7) is 1.52. The molecule has 1 aliphatic rings. The van der Waals surface area contributed by atoms with E-state index in [0.29, 0.717) is 34.2 Å². The van der Waals surface area contributed by atoms with E-state index in [-0.39, 0.29) is 6.04 Å². The molecule has 2 unspecified atom stereocenters. The van der Waals surface area contributed by atoms with E-state index in [1.54, 1.807) is 21.3 Å². The van der Waals surface area contributed by atoms with Crippen LogP contribution >= 0.6 is 0 Å². The smallest absolute Gasteiger partial charge is 0.203 e. The number of rotatable bonds is 8. The van der Waals surface area contributed by atoms with E-state index in [0.717, 1.165) is 5.56 Å². The standard InChI is InChI=1S/C21H27N5O7/c1-10(11-5-12(30-2)18(32-4)13(6-11)31-3)25-19-15-20(23-8-22-19)26(9-24-15)21-17(29)16(28)14(7-27)33-21/h5-6,8-10,14,16-17,21,27-29H,7H2,1-4H3,(H,22,23,25)/t10?,14-,16+,17?,21-/m1/s1. The van der Waals surface area contributed by atoms with Crippen LogP contribution in [0.3, 0.4) is 0 Å². The van der Waals surface area contributed by atoms with Crippen molar-refractivity contribution < 1.29 is 34.3 Å². The van der Waals surface area contributed by atoms with E-state index in [1.165, 1.54) is 17.2 Å². The van der Waals surface area contributed by atoms with Gasteiger partial charge in [-0.25, -0.2) is 15.0 Å². The largest absolute Gasteiger partial charge is 0.493 e. The van der Waals surface area contributed by atoms with Crippen LogP contribution in [0.2, 0.25) is 0 Å². The summed E-state index contributed by atoms with van der Waals surface area (Å²) in [5.74, 6) is 2.02. The number of hydrogen-bond acceptors (Lipinski definition) is 11. The second-order valence-corrected chi connectivity index (χ2v) is 7.60. The van der Waals surface area contributed by atoms with E-state index in [9.17, 15) is 15.3 Å². The van der Waals surface area contributed by atoms with Gasteiger partial charge < -0.3 is 39.6 Å². The van der Waals surface area contributed by atoms with Crippen LogP contribution in [-0.4, -0.2) is 81.1 Å². The summed E-state index contributed by atoms with van der Waals surface area (Å²) in [5.41, 5.74) is 1.72. The molecule has 5 atom stereocenters. The third-order valence-electron chi connectivity index (χ3n) is 5.69. The van der Waals surface area contributed by atoms with E-state index < -0.39 is 31.1 Å². The first-order chi connectivity index (χ1) is 15.9. The Bertz CT molecular complexity index is 1100. The molecule has 0 bridgehead atoms. The van der Waals surface area contributed by atoms with Crippen LogP contribution in [0.25, 0.3) is 11.2 Å². The van der Waals surface area contributed by atoms with Gasteiger partial charge in [0, 0.05) is 0 Å². The lowest BCUT2D eigenvalue weighted by Gasteiger charge is -2.19. The Hall–Kier alpha value is -3.19. The number of nitrogens with one attached hydrogen (secondary N) is 1. The number of fused-ring (bicyclic) bond motifs is 1. The lowest BCUT2D eigenvalue weighted by molar-refractivity contribution is -0.0511. The first kappa shape index (κ1) is 23.0. The van der Waals surface area contributed by atoms with Crippen LogP contribution < -0.4 is 19.5 Å². The Labute approximate surface area is 189 Å². The molecule has 178 valence electrons. The minimum Gasteiger partial charge on any atom is -0.493 e. The predicted octanol–water partition coefficient (Wildman–Crippen LogP) is 0.637. The molecule has 1 aliphatic heterocycles. The number of benzene rings is 1. The summed E-state index contributed by atoms with van der Waals surface area (Å²) >= 11 is 0. The van der Waals surface area contributed by atoms with Crippen molar-refractivity contribution in [1.29, 1.82) is 0 Å². The van der Waals surface area contributed by atoms with Crippen LogP contribution in [0, 0.1) is 0 Å². The van der Waals surface area contributed by atoms with Crippen LogP contribution in [0.5, 0.6) is 17.2 Å². The molecule has 0 amide bonds. The van der Waals surface area contributed by atoms with Crippen LogP contribution in [-0.2, 0) is 4.74 Å². The highest BCUT2D eigenvalue weighted by atomic mass is 16.6. The maximum Gasteiger partial charge on any atom is 0.203 e. The van der Waals surface area contributed by atoms with Gasteiger partial charge in [0.2, 0.25) is 5.75 Å². The van der Waals surface area contributed by atoms with Crippen LogP contribution in [0.1, 0.15) is 24.8 Å². The fraction of sp³-hybridized carbons (Fsp3) is 0.476. The summed E-state index contributed by atoms with van der Waals surface area (Å²) in [6, 6.07) is 3.46. The third-order valence-corrected chi connectivity index (χ3v) is 5.69.